The molecule has 0 spiro atoms. The first-order valence-electron chi connectivity index (χ1n) is 4.27. The maximum Gasteiger partial charge on any atom is 0.309 e. The molecule has 0 amide bonds. The molecule has 0 heterocycles. The molecule has 3 N–H and O–H groups in total. The van der Waals surface area contributed by atoms with E-state index < -0.39 is 0 Å². The molecule has 0 aliphatic rings. The average Bonchev–Trinajstić information content (AvgIpc) is 2.14. The molecule has 1 atom stereocenters. The number of carbonyl (C=O) groups excluding carboxylic acids is 1. The van der Waals surface area contributed by atoms with Gasteiger partial charge in [-0.25, -0.2) is 0 Å². The van der Waals surface area contributed by atoms with E-state index in [-0.39, 0.29) is 25.1 Å². The molecule has 0 fully saturated rings. The Labute approximate surface area is 82.8 Å². The number of hydrogen-bond donors (Lipinski definition) is 2. The van der Waals surface area contributed by atoms with E-state index in [0.717, 1.165) is 11.5 Å². The Morgan fingerprint density at radius 2 is 2.38 bits per heavy atom. The third-order valence-electron chi connectivity index (χ3n) is 1.37. The van der Waals surface area contributed by atoms with Gasteiger partial charge in [0.1, 0.15) is 6.61 Å². The third kappa shape index (κ3) is 6.86. The monoisotopic (exact) mass is 207 g/mol. The van der Waals surface area contributed by atoms with Crippen LogP contribution in [0.15, 0.2) is 0 Å². The van der Waals surface area contributed by atoms with Gasteiger partial charge in [-0.2, -0.15) is 11.8 Å². The van der Waals surface area contributed by atoms with Crippen LogP contribution in [-0.4, -0.2) is 42.3 Å². The van der Waals surface area contributed by atoms with Crippen molar-refractivity contribution in [2.24, 2.45) is 11.7 Å². The molecule has 0 radical (unpaired) electrons. The second-order valence-corrected chi connectivity index (χ2v) is 3.81. The van der Waals surface area contributed by atoms with Gasteiger partial charge in [-0.15, -0.1) is 0 Å². The fraction of sp³-hybridized carbons (Fsp3) is 0.875. The summed E-state index contributed by atoms with van der Waals surface area (Å²) >= 11 is 1.63. The smallest absolute Gasteiger partial charge is 0.309 e. The molecule has 5 heteroatoms. The molecular weight excluding hydrogens is 190 g/mol. The van der Waals surface area contributed by atoms with Gasteiger partial charge in [-0.05, 0) is 0 Å². The van der Waals surface area contributed by atoms with E-state index in [2.05, 4.69) is 0 Å². The van der Waals surface area contributed by atoms with Gasteiger partial charge in [-0.1, -0.05) is 6.92 Å². The van der Waals surface area contributed by atoms with Gasteiger partial charge in [0.15, 0.2) is 0 Å². The van der Waals surface area contributed by atoms with Crippen molar-refractivity contribution >= 4 is 17.7 Å². The van der Waals surface area contributed by atoms with Crippen LogP contribution in [0.3, 0.4) is 0 Å². The van der Waals surface area contributed by atoms with E-state index in [4.69, 9.17) is 15.6 Å². The molecule has 0 aliphatic carbocycles. The summed E-state index contributed by atoms with van der Waals surface area (Å²) in [7, 11) is 0. The van der Waals surface area contributed by atoms with Crippen LogP contribution in [0.2, 0.25) is 0 Å². The van der Waals surface area contributed by atoms with Crippen LogP contribution in [0.25, 0.3) is 0 Å². The molecule has 13 heavy (non-hydrogen) atoms. The number of thioether (sulfide) groups is 1. The summed E-state index contributed by atoms with van der Waals surface area (Å²) < 4.78 is 4.75. The van der Waals surface area contributed by atoms with Gasteiger partial charge in [0.25, 0.3) is 0 Å². The zero-order valence-corrected chi connectivity index (χ0v) is 8.68. The SMILES string of the molecule is CC(CSCCN)C(=O)OCCO. The number of aliphatic hydroxyl groups is 1. The summed E-state index contributed by atoms with van der Waals surface area (Å²) in [5.41, 5.74) is 5.30. The standard InChI is InChI=1S/C8H17NO3S/c1-7(6-13-5-2-9)8(11)12-4-3-10/h7,10H,2-6,9H2,1H3. The minimum absolute atomic E-state index is 0.0880. The van der Waals surface area contributed by atoms with Crippen LogP contribution < -0.4 is 5.73 Å². The maximum atomic E-state index is 11.1. The van der Waals surface area contributed by atoms with E-state index in [1.807, 2.05) is 6.92 Å². The van der Waals surface area contributed by atoms with Crippen molar-refractivity contribution in [1.82, 2.24) is 0 Å². The van der Waals surface area contributed by atoms with E-state index in [9.17, 15) is 4.79 Å². The third-order valence-corrected chi connectivity index (χ3v) is 2.63. The Bertz CT molecular complexity index is 143. The Hall–Kier alpha value is -0.260. The molecule has 4 nitrogen and oxygen atoms in total. The number of esters is 1. The van der Waals surface area contributed by atoms with Crippen molar-refractivity contribution in [2.45, 2.75) is 6.92 Å². The zero-order chi connectivity index (χ0) is 10.1. The highest BCUT2D eigenvalue weighted by Gasteiger charge is 2.13. The number of ether oxygens (including phenoxy) is 1. The average molecular weight is 207 g/mol. The van der Waals surface area contributed by atoms with Crippen LogP contribution in [0, 0.1) is 5.92 Å². The summed E-state index contributed by atoms with van der Waals surface area (Å²) in [6.45, 7) is 2.41. The largest absolute Gasteiger partial charge is 0.463 e. The maximum absolute atomic E-state index is 11.1. The lowest BCUT2D eigenvalue weighted by Gasteiger charge is -2.09. The molecule has 0 bridgehead atoms. The highest BCUT2D eigenvalue weighted by Crippen LogP contribution is 2.08. The first-order chi connectivity index (χ1) is 6.22. The molecule has 0 saturated heterocycles. The van der Waals surface area contributed by atoms with Gasteiger partial charge in [0.05, 0.1) is 12.5 Å². The summed E-state index contributed by atoms with van der Waals surface area (Å²) in [6.07, 6.45) is 0. The molecule has 0 aromatic carbocycles. The van der Waals surface area contributed by atoms with Gasteiger partial charge >= 0.3 is 5.97 Å². The predicted octanol–water partition coefficient (Wildman–Crippen LogP) is -0.150. The summed E-state index contributed by atoms with van der Waals surface area (Å²) in [6, 6.07) is 0. The highest BCUT2D eigenvalue weighted by atomic mass is 32.2. The van der Waals surface area contributed by atoms with Gasteiger partial charge in [0.2, 0.25) is 0 Å². The van der Waals surface area contributed by atoms with E-state index in [0.29, 0.717) is 6.54 Å². The Balaban J connectivity index is 3.45. The molecule has 0 aromatic rings. The van der Waals surface area contributed by atoms with E-state index >= 15 is 0 Å². The Kier molecular flexibility index (Phi) is 8.18. The van der Waals surface area contributed by atoms with Crippen LogP contribution in [0.5, 0.6) is 0 Å². The van der Waals surface area contributed by atoms with Crippen LogP contribution in [0.4, 0.5) is 0 Å². The van der Waals surface area contributed by atoms with Crippen molar-refractivity contribution in [3.05, 3.63) is 0 Å². The summed E-state index contributed by atoms with van der Waals surface area (Å²) in [4.78, 5) is 11.1. The lowest BCUT2D eigenvalue weighted by molar-refractivity contribution is -0.148. The lowest BCUT2D eigenvalue weighted by Crippen LogP contribution is -2.19. The predicted molar refractivity (Wildman–Crippen MR) is 53.6 cm³/mol. The summed E-state index contributed by atoms with van der Waals surface area (Å²) in [5.74, 6) is 1.21. The topological polar surface area (TPSA) is 72.6 Å². The quantitative estimate of drug-likeness (QED) is 0.449. The van der Waals surface area contributed by atoms with Crippen molar-refractivity contribution in [2.75, 3.05) is 31.3 Å². The second-order valence-electron chi connectivity index (χ2n) is 2.66. The van der Waals surface area contributed by atoms with Crippen molar-refractivity contribution < 1.29 is 14.6 Å². The van der Waals surface area contributed by atoms with Crippen molar-refractivity contribution in [3.63, 3.8) is 0 Å². The van der Waals surface area contributed by atoms with Gasteiger partial charge in [0, 0.05) is 18.1 Å². The fourth-order valence-corrected chi connectivity index (χ4v) is 1.52. The molecule has 0 aliphatic heterocycles. The Morgan fingerprint density at radius 3 is 2.92 bits per heavy atom. The highest BCUT2D eigenvalue weighted by molar-refractivity contribution is 7.99. The number of nitrogens with two attached hydrogens (primary N) is 1. The minimum atomic E-state index is -0.251. The number of aliphatic hydroxyl groups excluding tert-OH is 1. The Morgan fingerprint density at radius 1 is 1.69 bits per heavy atom. The molecule has 0 rings (SSSR count). The minimum Gasteiger partial charge on any atom is -0.463 e. The van der Waals surface area contributed by atoms with Crippen LogP contribution >= 0.6 is 11.8 Å². The van der Waals surface area contributed by atoms with Gasteiger partial charge < -0.3 is 15.6 Å². The van der Waals surface area contributed by atoms with E-state index in [1.165, 1.54) is 0 Å². The van der Waals surface area contributed by atoms with Crippen molar-refractivity contribution in [1.29, 1.82) is 0 Å². The number of hydrogen-bond acceptors (Lipinski definition) is 5. The van der Waals surface area contributed by atoms with E-state index in [1.54, 1.807) is 11.8 Å². The molecule has 1 unspecified atom stereocenters. The number of carbonyl (C=O) groups is 1. The lowest BCUT2D eigenvalue weighted by atomic mass is 10.2. The second kappa shape index (κ2) is 8.34. The first-order valence-corrected chi connectivity index (χ1v) is 5.43. The van der Waals surface area contributed by atoms with Crippen molar-refractivity contribution in [3.8, 4) is 0 Å². The fourth-order valence-electron chi connectivity index (χ4n) is 0.700. The molecule has 78 valence electrons. The summed E-state index contributed by atoms with van der Waals surface area (Å²) in [5, 5.41) is 8.41. The number of rotatable bonds is 7. The van der Waals surface area contributed by atoms with Gasteiger partial charge in [-0.3, -0.25) is 4.79 Å². The van der Waals surface area contributed by atoms with Crippen LogP contribution in [-0.2, 0) is 9.53 Å². The van der Waals surface area contributed by atoms with Crippen LogP contribution in [0.1, 0.15) is 6.92 Å². The molecule has 0 saturated carbocycles. The first kappa shape index (κ1) is 12.7. The molecular formula is C8H17NO3S. The zero-order valence-electron chi connectivity index (χ0n) is 7.86. The normalized spacial score (nSPS) is 12.5. The molecule has 0 aromatic heterocycles.